The molecule has 16 heavy (non-hydrogen) atoms. The van der Waals surface area contributed by atoms with Gasteiger partial charge in [-0.25, -0.2) is 13.6 Å². The largest absolute Gasteiger partial charge is 0.479 e. The zero-order valence-electron chi connectivity index (χ0n) is 8.02. The number of aliphatic hydroxyl groups is 1. The number of alkyl halides is 2. The summed E-state index contributed by atoms with van der Waals surface area (Å²) in [5.74, 6) is 3.44. The fourth-order valence-corrected chi connectivity index (χ4v) is 1.33. The molecule has 0 radical (unpaired) electrons. The summed E-state index contributed by atoms with van der Waals surface area (Å²) in [6, 6.07) is 3.62. The first-order chi connectivity index (χ1) is 7.49. The maximum absolute atomic E-state index is 12.6. The van der Waals surface area contributed by atoms with E-state index >= 15 is 0 Å². The minimum absolute atomic E-state index is 0.0484. The van der Waals surface area contributed by atoms with Gasteiger partial charge in [0, 0.05) is 11.1 Å². The van der Waals surface area contributed by atoms with E-state index in [1.54, 1.807) is 0 Å². The van der Waals surface area contributed by atoms with E-state index in [-0.39, 0.29) is 5.69 Å². The lowest BCUT2D eigenvalue weighted by molar-refractivity contribution is -0.147. The number of aliphatic carboxylic acids is 1. The minimum atomic E-state index is -2.89. The molecule has 5 N–H and O–H groups in total. The minimum Gasteiger partial charge on any atom is -0.479 e. The van der Waals surface area contributed by atoms with Crippen LogP contribution in [-0.4, -0.2) is 16.2 Å². The molecular formula is C9H10F2N2O3. The molecule has 1 unspecified atom stereocenters. The Balaban J connectivity index is 3.35. The number of carbonyl (C=O) groups is 1. The zero-order valence-corrected chi connectivity index (χ0v) is 8.02. The van der Waals surface area contributed by atoms with Gasteiger partial charge in [0.15, 0.2) is 6.10 Å². The van der Waals surface area contributed by atoms with Crippen LogP contribution in [0.4, 0.5) is 14.5 Å². The number of nitrogens with two attached hydrogens (primary N) is 1. The molecule has 0 aliphatic rings. The number of hydrogen-bond acceptors (Lipinski definition) is 4. The van der Waals surface area contributed by atoms with Crippen molar-refractivity contribution in [2.45, 2.75) is 12.5 Å². The van der Waals surface area contributed by atoms with Crippen LogP contribution in [0.25, 0.3) is 0 Å². The molecule has 0 fully saturated rings. The van der Waals surface area contributed by atoms with Crippen molar-refractivity contribution in [2.24, 2.45) is 5.84 Å². The number of anilines is 1. The van der Waals surface area contributed by atoms with Gasteiger partial charge in [-0.1, -0.05) is 12.1 Å². The van der Waals surface area contributed by atoms with E-state index in [1.807, 2.05) is 0 Å². The third-order valence-corrected chi connectivity index (χ3v) is 2.04. The van der Waals surface area contributed by atoms with Crippen molar-refractivity contribution in [1.82, 2.24) is 0 Å². The first-order valence-electron chi connectivity index (χ1n) is 4.27. The van der Waals surface area contributed by atoms with Crippen molar-refractivity contribution in [3.05, 3.63) is 29.3 Å². The van der Waals surface area contributed by atoms with Crippen LogP contribution in [0.1, 0.15) is 23.7 Å². The second-order valence-corrected chi connectivity index (χ2v) is 2.99. The molecule has 0 bridgehead atoms. The van der Waals surface area contributed by atoms with Gasteiger partial charge in [0.05, 0.1) is 5.69 Å². The van der Waals surface area contributed by atoms with E-state index in [9.17, 15) is 18.7 Å². The van der Waals surface area contributed by atoms with Gasteiger partial charge in [0.25, 0.3) is 6.43 Å². The highest BCUT2D eigenvalue weighted by molar-refractivity contribution is 5.78. The van der Waals surface area contributed by atoms with Crippen LogP contribution in [0.5, 0.6) is 0 Å². The number of benzene rings is 1. The highest BCUT2D eigenvalue weighted by Crippen LogP contribution is 2.32. The molecule has 0 spiro atoms. The Morgan fingerprint density at radius 1 is 1.44 bits per heavy atom. The SMILES string of the molecule is NNc1cccc(C(F)F)c1C(O)C(=O)O. The molecule has 0 aromatic heterocycles. The Morgan fingerprint density at radius 2 is 2.06 bits per heavy atom. The normalized spacial score (nSPS) is 12.6. The number of rotatable bonds is 4. The summed E-state index contributed by atoms with van der Waals surface area (Å²) in [5.41, 5.74) is 1.03. The Bertz CT molecular complexity index is 398. The molecule has 0 aliphatic carbocycles. The number of hydrogen-bond donors (Lipinski definition) is 4. The van der Waals surface area contributed by atoms with E-state index in [4.69, 9.17) is 10.9 Å². The summed E-state index contributed by atoms with van der Waals surface area (Å²) in [5, 5.41) is 17.9. The van der Waals surface area contributed by atoms with Crippen molar-refractivity contribution in [2.75, 3.05) is 5.43 Å². The predicted octanol–water partition coefficient (Wildman–Crippen LogP) is 1.03. The number of hydrazine groups is 1. The van der Waals surface area contributed by atoms with Gasteiger partial charge in [-0.05, 0) is 6.07 Å². The lowest BCUT2D eigenvalue weighted by Crippen LogP contribution is -2.18. The Labute approximate surface area is 89.5 Å². The second-order valence-electron chi connectivity index (χ2n) is 2.99. The first-order valence-corrected chi connectivity index (χ1v) is 4.27. The van der Waals surface area contributed by atoms with Crippen LogP contribution in [0, 0.1) is 0 Å². The Morgan fingerprint density at radius 3 is 2.50 bits per heavy atom. The summed E-state index contributed by atoms with van der Waals surface area (Å²) < 4.78 is 25.2. The van der Waals surface area contributed by atoms with Crippen molar-refractivity contribution in [3.63, 3.8) is 0 Å². The molecule has 0 aliphatic heterocycles. The fourth-order valence-electron chi connectivity index (χ4n) is 1.33. The molecular weight excluding hydrogens is 222 g/mol. The van der Waals surface area contributed by atoms with E-state index < -0.39 is 29.6 Å². The first kappa shape index (κ1) is 12.3. The number of carboxylic acids is 1. The van der Waals surface area contributed by atoms with Crippen molar-refractivity contribution in [1.29, 1.82) is 0 Å². The monoisotopic (exact) mass is 232 g/mol. The number of halogens is 2. The van der Waals surface area contributed by atoms with Crippen LogP contribution in [-0.2, 0) is 4.79 Å². The maximum Gasteiger partial charge on any atom is 0.337 e. The predicted molar refractivity (Wildman–Crippen MR) is 51.8 cm³/mol. The van der Waals surface area contributed by atoms with Crippen LogP contribution in [0.3, 0.4) is 0 Å². The van der Waals surface area contributed by atoms with Crippen LogP contribution in [0.2, 0.25) is 0 Å². The summed E-state index contributed by atoms with van der Waals surface area (Å²) in [7, 11) is 0. The lowest BCUT2D eigenvalue weighted by Gasteiger charge is -2.16. The summed E-state index contributed by atoms with van der Waals surface area (Å²) in [6.07, 6.45) is -4.94. The molecule has 7 heteroatoms. The molecule has 0 saturated carbocycles. The van der Waals surface area contributed by atoms with Gasteiger partial charge < -0.3 is 15.6 Å². The number of nitrogens with one attached hydrogen (secondary N) is 1. The summed E-state index contributed by atoms with van der Waals surface area (Å²) in [6.45, 7) is 0. The molecule has 0 heterocycles. The van der Waals surface area contributed by atoms with E-state index in [0.717, 1.165) is 6.07 Å². The summed E-state index contributed by atoms with van der Waals surface area (Å²) in [4.78, 5) is 10.6. The summed E-state index contributed by atoms with van der Waals surface area (Å²) >= 11 is 0. The third-order valence-electron chi connectivity index (χ3n) is 2.04. The number of carboxylic acid groups (broad SMARTS) is 1. The number of nitrogen functional groups attached to an aromatic ring is 1. The zero-order chi connectivity index (χ0) is 12.3. The van der Waals surface area contributed by atoms with Crippen LogP contribution >= 0.6 is 0 Å². The molecule has 88 valence electrons. The fraction of sp³-hybridized carbons (Fsp3) is 0.222. The molecule has 5 nitrogen and oxygen atoms in total. The second kappa shape index (κ2) is 4.86. The van der Waals surface area contributed by atoms with E-state index in [0.29, 0.717) is 0 Å². The Hall–Kier alpha value is -1.73. The molecule has 1 atom stereocenters. The standard InChI is InChI=1S/C9H10F2N2O3/c10-8(11)4-2-1-3-5(13-12)6(4)7(14)9(15)16/h1-3,7-8,13-14H,12H2,(H,15,16). The average molecular weight is 232 g/mol. The third kappa shape index (κ3) is 2.26. The highest BCUT2D eigenvalue weighted by Gasteiger charge is 2.26. The smallest absolute Gasteiger partial charge is 0.337 e. The Kier molecular flexibility index (Phi) is 3.75. The van der Waals surface area contributed by atoms with Gasteiger partial charge in [-0.2, -0.15) is 0 Å². The van der Waals surface area contributed by atoms with E-state index in [1.165, 1.54) is 12.1 Å². The molecule has 0 saturated heterocycles. The lowest BCUT2D eigenvalue weighted by atomic mass is 10.0. The van der Waals surface area contributed by atoms with Gasteiger partial charge in [0.2, 0.25) is 0 Å². The molecule has 0 amide bonds. The maximum atomic E-state index is 12.6. The van der Waals surface area contributed by atoms with Crippen molar-refractivity contribution >= 4 is 11.7 Å². The highest BCUT2D eigenvalue weighted by atomic mass is 19.3. The van der Waals surface area contributed by atoms with Gasteiger partial charge in [-0.15, -0.1) is 0 Å². The van der Waals surface area contributed by atoms with Crippen LogP contribution < -0.4 is 11.3 Å². The van der Waals surface area contributed by atoms with Gasteiger partial charge in [0.1, 0.15) is 0 Å². The molecule has 1 rings (SSSR count). The molecule has 1 aromatic rings. The van der Waals surface area contributed by atoms with Gasteiger partial charge >= 0.3 is 5.97 Å². The average Bonchev–Trinajstić information content (AvgIpc) is 2.26. The van der Waals surface area contributed by atoms with Crippen LogP contribution in [0.15, 0.2) is 18.2 Å². The van der Waals surface area contributed by atoms with Crippen molar-refractivity contribution < 1.29 is 23.8 Å². The topological polar surface area (TPSA) is 95.6 Å². The number of aliphatic hydroxyl groups excluding tert-OH is 1. The van der Waals surface area contributed by atoms with Gasteiger partial charge in [-0.3, -0.25) is 5.84 Å². The van der Waals surface area contributed by atoms with E-state index in [2.05, 4.69) is 5.43 Å². The quantitative estimate of drug-likeness (QED) is 0.459. The van der Waals surface area contributed by atoms with Crippen molar-refractivity contribution in [3.8, 4) is 0 Å². The molecule has 1 aromatic carbocycles.